The molecule has 1 amide bonds. The van der Waals surface area contributed by atoms with Crippen molar-refractivity contribution in [2.24, 2.45) is 4.99 Å². The molecule has 0 aliphatic carbocycles. The molecule has 0 radical (unpaired) electrons. The van der Waals surface area contributed by atoms with Crippen molar-refractivity contribution >= 4 is 17.6 Å². The monoisotopic (exact) mass is 367 g/mol. The second-order valence-electron chi connectivity index (χ2n) is 6.54. The second-order valence-corrected chi connectivity index (χ2v) is 6.54. The molecule has 0 saturated carbocycles. The number of aliphatic imine (C=N–C) groups is 1. The number of ether oxygens (including phenoxy) is 1. The third-order valence-electron chi connectivity index (χ3n) is 4.36. The lowest BCUT2D eigenvalue weighted by Gasteiger charge is -2.23. The topological polar surface area (TPSA) is 72.0 Å². The summed E-state index contributed by atoms with van der Waals surface area (Å²) in [5.74, 6) is -0.0309. The second kappa shape index (κ2) is 9.30. The Labute approximate surface area is 159 Å². The molecule has 0 bridgehead atoms. The molecule has 0 aromatic heterocycles. The number of carbonyl (C=O) groups is 1. The van der Waals surface area contributed by atoms with Crippen LogP contribution in [0.5, 0.6) is 0 Å². The lowest BCUT2D eigenvalue weighted by molar-refractivity contribution is -0.183. The van der Waals surface area contributed by atoms with E-state index in [1.54, 1.807) is 12.1 Å². The molecule has 1 aliphatic heterocycles. The largest absolute Gasteiger partial charge is 0.350 e. The van der Waals surface area contributed by atoms with E-state index in [9.17, 15) is 4.79 Å². The van der Waals surface area contributed by atoms with Crippen molar-refractivity contribution in [1.29, 1.82) is 0 Å². The molecule has 1 aliphatic rings. The molecular formula is C21H25N3O3. The number of nitrogens with one attached hydrogen (secondary N) is 2. The number of hydroxylamine groups is 1. The Morgan fingerprint density at radius 2 is 1.81 bits per heavy atom. The summed E-state index contributed by atoms with van der Waals surface area (Å²) in [4.78, 5) is 22.8. The van der Waals surface area contributed by atoms with Crippen molar-refractivity contribution in [1.82, 2.24) is 10.8 Å². The van der Waals surface area contributed by atoms with Gasteiger partial charge in [0.2, 0.25) is 5.96 Å². The van der Waals surface area contributed by atoms with Crippen molar-refractivity contribution < 1.29 is 14.4 Å². The lowest BCUT2D eigenvalue weighted by Crippen LogP contribution is -2.43. The van der Waals surface area contributed by atoms with Crippen molar-refractivity contribution in [2.45, 2.75) is 39.4 Å². The first-order chi connectivity index (χ1) is 13.1. The molecule has 6 heteroatoms. The molecule has 1 unspecified atom stereocenters. The van der Waals surface area contributed by atoms with Crippen LogP contribution in [0.4, 0.5) is 5.69 Å². The molecule has 2 aromatic carbocycles. The molecule has 0 spiro atoms. The summed E-state index contributed by atoms with van der Waals surface area (Å²) in [5, 5.41) is 2.80. The van der Waals surface area contributed by atoms with E-state index >= 15 is 0 Å². The zero-order chi connectivity index (χ0) is 19.1. The van der Waals surface area contributed by atoms with Gasteiger partial charge in [-0.1, -0.05) is 36.4 Å². The first-order valence-corrected chi connectivity index (χ1v) is 9.18. The van der Waals surface area contributed by atoms with Gasteiger partial charge < -0.3 is 4.74 Å². The Morgan fingerprint density at radius 3 is 2.48 bits per heavy atom. The van der Waals surface area contributed by atoms with Gasteiger partial charge in [-0.15, -0.1) is 0 Å². The molecule has 2 N–H and O–H groups in total. The summed E-state index contributed by atoms with van der Waals surface area (Å²) >= 11 is 0. The molecule has 142 valence electrons. The fourth-order valence-corrected chi connectivity index (χ4v) is 2.87. The summed E-state index contributed by atoms with van der Waals surface area (Å²) in [6.07, 6.45) is 2.53. The average Bonchev–Trinajstić information content (AvgIpc) is 2.70. The predicted molar refractivity (Wildman–Crippen MR) is 105 cm³/mol. The third kappa shape index (κ3) is 5.39. The van der Waals surface area contributed by atoms with Gasteiger partial charge in [0.1, 0.15) is 0 Å². The van der Waals surface area contributed by atoms with E-state index in [1.165, 1.54) is 0 Å². The zero-order valence-electron chi connectivity index (χ0n) is 15.7. The van der Waals surface area contributed by atoms with Crippen LogP contribution in [0, 0.1) is 13.8 Å². The van der Waals surface area contributed by atoms with Crippen LogP contribution in [-0.4, -0.2) is 24.8 Å². The maximum absolute atomic E-state index is 12.5. The highest BCUT2D eigenvalue weighted by Crippen LogP contribution is 2.23. The van der Waals surface area contributed by atoms with Gasteiger partial charge in [0, 0.05) is 18.6 Å². The number of benzene rings is 2. The first kappa shape index (κ1) is 19.1. The van der Waals surface area contributed by atoms with Gasteiger partial charge in [-0.05, 0) is 49.9 Å². The molecule has 1 saturated heterocycles. The summed E-state index contributed by atoms with van der Waals surface area (Å²) in [6.45, 7) is 4.63. The van der Waals surface area contributed by atoms with E-state index in [1.807, 2.05) is 50.2 Å². The Bertz CT molecular complexity index is 779. The van der Waals surface area contributed by atoms with Gasteiger partial charge in [-0.3, -0.25) is 10.1 Å². The Balaban J connectivity index is 1.79. The van der Waals surface area contributed by atoms with Crippen LogP contribution in [0.15, 0.2) is 53.5 Å². The van der Waals surface area contributed by atoms with Crippen LogP contribution in [0.25, 0.3) is 0 Å². The van der Waals surface area contributed by atoms with Crippen molar-refractivity contribution in [3.63, 3.8) is 0 Å². The van der Waals surface area contributed by atoms with Crippen molar-refractivity contribution in [3.05, 3.63) is 65.2 Å². The number of carbonyl (C=O) groups excluding carboxylic acids is 1. The van der Waals surface area contributed by atoms with Gasteiger partial charge in [-0.25, -0.2) is 15.3 Å². The Kier molecular flexibility index (Phi) is 6.57. The van der Waals surface area contributed by atoms with E-state index in [4.69, 9.17) is 9.57 Å². The highest BCUT2D eigenvalue weighted by molar-refractivity contribution is 6.06. The summed E-state index contributed by atoms with van der Waals surface area (Å²) < 4.78 is 5.56. The molecule has 1 fully saturated rings. The minimum absolute atomic E-state index is 0.232. The van der Waals surface area contributed by atoms with Crippen molar-refractivity contribution in [3.8, 4) is 0 Å². The van der Waals surface area contributed by atoms with Crippen LogP contribution in [0.1, 0.15) is 40.7 Å². The number of nitrogens with zero attached hydrogens (tertiary/aromatic N) is 1. The van der Waals surface area contributed by atoms with Gasteiger partial charge >= 0.3 is 0 Å². The van der Waals surface area contributed by atoms with Gasteiger partial charge in [0.25, 0.3) is 5.91 Å². The van der Waals surface area contributed by atoms with E-state index < -0.39 is 0 Å². The molecule has 1 heterocycles. The lowest BCUT2D eigenvalue weighted by atomic mass is 10.1. The summed E-state index contributed by atoms with van der Waals surface area (Å²) in [7, 11) is 0. The maximum atomic E-state index is 12.5. The van der Waals surface area contributed by atoms with Gasteiger partial charge in [0.05, 0.1) is 5.69 Å². The smallest absolute Gasteiger partial charge is 0.258 e. The summed E-state index contributed by atoms with van der Waals surface area (Å²) in [6, 6.07) is 14.9. The SMILES string of the molecule is Cc1cccc(C)c1N=C(NOC1CCCCO1)NC(=O)c1ccccc1. The van der Waals surface area contributed by atoms with Crippen LogP contribution >= 0.6 is 0 Å². The van der Waals surface area contributed by atoms with Crippen LogP contribution in [0.2, 0.25) is 0 Å². The Morgan fingerprint density at radius 1 is 1.07 bits per heavy atom. The van der Waals surface area contributed by atoms with E-state index in [2.05, 4.69) is 15.8 Å². The number of hydrogen-bond donors (Lipinski definition) is 2. The van der Waals surface area contributed by atoms with Crippen LogP contribution in [-0.2, 0) is 9.57 Å². The number of aryl methyl sites for hydroxylation is 2. The first-order valence-electron chi connectivity index (χ1n) is 9.18. The molecule has 2 aromatic rings. The zero-order valence-corrected chi connectivity index (χ0v) is 15.7. The number of amides is 1. The van der Waals surface area contributed by atoms with Crippen LogP contribution in [0.3, 0.4) is 0 Å². The maximum Gasteiger partial charge on any atom is 0.258 e. The number of para-hydroxylation sites is 1. The van der Waals surface area contributed by atoms with Gasteiger partial charge in [-0.2, -0.15) is 0 Å². The highest BCUT2D eigenvalue weighted by atomic mass is 16.8. The molecular weight excluding hydrogens is 342 g/mol. The fourth-order valence-electron chi connectivity index (χ4n) is 2.87. The number of hydrogen-bond acceptors (Lipinski definition) is 4. The third-order valence-corrected chi connectivity index (χ3v) is 4.36. The molecule has 27 heavy (non-hydrogen) atoms. The standard InChI is InChI=1S/C21H25N3O3/c1-15-9-8-10-16(2)19(15)22-21(24-27-18-13-6-7-14-26-18)23-20(25)17-11-4-3-5-12-17/h3-5,8-12,18H,6-7,13-14H2,1-2H3,(H2,22,23,24,25). The minimum Gasteiger partial charge on any atom is -0.350 e. The van der Waals surface area contributed by atoms with Gasteiger partial charge in [0.15, 0.2) is 6.29 Å². The molecule has 3 rings (SSSR count). The van der Waals surface area contributed by atoms with E-state index in [0.717, 1.165) is 36.1 Å². The number of guanidine groups is 1. The van der Waals surface area contributed by atoms with Crippen LogP contribution < -0.4 is 10.8 Å². The normalized spacial score (nSPS) is 17.4. The summed E-state index contributed by atoms with van der Waals surface area (Å²) in [5.41, 5.74) is 6.15. The molecule has 6 nitrogen and oxygen atoms in total. The fraction of sp³-hybridized carbons (Fsp3) is 0.333. The highest BCUT2D eigenvalue weighted by Gasteiger charge is 2.17. The van der Waals surface area contributed by atoms with E-state index in [0.29, 0.717) is 12.2 Å². The minimum atomic E-state index is -0.351. The average molecular weight is 367 g/mol. The van der Waals surface area contributed by atoms with E-state index in [-0.39, 0.29) is 18.2 Å². The predicted octanol–water partition coefficient (Wildman–Crippen LogP) is 3.77. The molecule has 1 atom stereocenters. The Hall–Kier alpha value is -2.70. The van der Waals surface area contributed by atoms with Crippen molar-refractivity contribution in [2.75, 3.05) is 6.61 Å². The number of rotatable bonds is 4. The quantitative estimate of drug-likeness (QED) is 0.490.